The molecule has 3 rings (SSSR count). The quantitative estimate of drug-likeness (QED) is 0.108. The Kier molecular flexibility index (Phi) is 13.0. The predicted molar refractivity (Wildman–Crippen MR) is 135 cm³/mol. The number of aromatic nitrogens is 2. The van der Waals surface area contributed by atoms with Gasteiger partial charge >= 0.3 is 12.1 Å². The molecular formula is C18H20I2N8O3. The van der Waals surface area contributed by atoms with Crippen LogP contribution >= 0.6 is 45.2 Å². The van der Waals surface area contributed by atoms with Crippen LogP contribution in [0, 0.1) is 7.14 Å². The molecule has 0 saturated carbocycles. The van der Waals surface area contributed by atoms with Gasteiger partial charge < -0.3 is 4.74 Å². The van der Waals surface area contributed by atoms with Crippen molar-refractivity contribution in [2.45, 2.75) is 0 Å². The summed E-state index contributed by atoms with van der Waals surface area (Å²) in [6, 6.07) is 15.5. The lowest BCUT2D eigenvalue weighted by Crippen LogP contribution is -2.34. The van der Waals surface area contributed by atoms with Gasteiger partial charge in [-0.2, -0.15) is 0 Å². The standard InChI is InChI=1S/C12H9IN2O2.C6H7IN4O.H4N2/c13-9-6-7-11(14-8-9)15-12(16)17-10-4-2-1-3-5-10;7-4-1-2-5(9-3-4)10-6(12)11-8;1-2/h1-8H,(H,14,15,16);1-3H,8H2,(H2,9,10,11,12);1-2H2. The van der Waals surface area contributed by atoms with Gasteiger partial charge in [0.05, 0.1) is 0 Å². The topological polar surface area (TPSA) is 183 Å². The molecule has 0 fully saturated rings. The van der Waals surface area contributed by atoms with E-state index in [1.165, 1.54) is 0 Å². The molecule has 0 aliphatic rings. The summed E-state index contributed by atoms with van der Waals surface area (Å²) < 4.78 is 7.07. The molecule has 0 spiro atoms. The minimum atomic E-state index is -0.551. The van der Waals surface area contributed by atoms with E-state index in [2.05, 4.69) is 77.5 Å². The molecule has 0 aliphatic heterocycles. The van der Waals surface area contributed by atoms with Crippen LogP contribution in [0.15, 0.2) is 67.0 Å². The first-order chi connectivity index (χ1) is 15.0. The molecule has 0 bridgehead atoms. The number of hydrogen-bond acceptors (Lipinski definition) is 8. The average Bonchev–Trinajstić information content (AvgIpc) is 2.79. The molecule has 2 aromatic heterocycles. The fraction of sp³-hybridized carbons (Fsp3) is 0. The number of hydrogen-bond donors (Lipinski definition) is 6. The van der Waals surface area contributed by atoms with Crippen molar-refractivity contribution in [3.63, 3.8) is 0 Å². The Balaban J connectivity index is 0.000000303. The van der Waals surface area contributed by atoms with Gasteiger partial charge in [-0.25, -0.2) is 25.4 Å². The van der Waals surface area contributed by atoms with Crippen LogP contribution in [-0.4, -0.2) is 22.1 Å². The third kappa shape index (κ3) is 11.4. The smallest absolute Gasteiger partial charge is 0.410 e. The third-order valence-corrected chi connectivity index (χ3v) is 4.29. The highest BCUT2D eigenvalue weighted by Crippen LogP contribution is 2.11. The van der Waals surface area contributed by atoms with Crippen LogP contribution < -0.4 is 38.3 Å². The van der Waals surface area contributed by atoms with Crippen LogP contribution in [0.3, 0.4) is 0 Å². The summed E-state index contributed by atoms with van der Waals surface area (Å²) in [5.74, 6) is 14.3. The largest absolute Gasteiger partial charge is 0.418 e. The van der Waals surface area contributed by atoms with E-state index in [-0.39, 0.29) is 0 Å². The van der Waals surface area contributed by atoms with E-state index < -0.39 is 12.1 Å². The molecule has 164 valence electrons. The highest BCUT2D eigenvalue weighted by atomic mass is 127. The summed E-state index contributed by atoms with van der Waals surface area (Å²) in [6.07, 6.45) is 2.76. The number of nitrogens with zero attached hydrogens (tertiary/aromatic N) is 2. The maximum Gasteiger partial charge on any atom is 0.418 e. The minimum absolute atomic E-state index is 0.464. The van der Waals surface area contributed by atoms with Crippen molar-refractivity contribution in [3.8, 4) is 5.75 Å². The van der Waals surface area contributed by atoms with Crippen molar-refractivity contribution < 1.29 is 14.3 Å². The van der Waals surface area contributed by atoms with Gasteiger partial charge in [0, 0.05) is 19.5 Å². The number of halogens is 2. The number of benzene rings is 1. The summed E-state index contributed by atoms with van der Waals surface area (Å²) >= 11 is 4.27. The maximum atomic E-state index is 11.5. The number of carbonyl (C=O) groups is 2. The number of urea groups is 1. The molecule has 31 heavy (non-hydrogen) atoms. The molecule has 0 aliphatic carbocycles. The van der Waals surface area contributed by atoms with Gasteiger partial charge in [-0.15, -0.1) is 0 Å². The number of anilines is 2. The minimum Gasteiger partial charge on any atom is -0.410 e. The van der Waals surface area contributed by atoms with Gasteiger partial charge in [0.25, 0.3) is 0 Å². The highest BCUT2D eigenvalue weighted by molar-refractivity contribution is 14.1. The zero-order valence-corrected chi connectivity index (χ0v) is 20.3. The van der Waals surface area contributed by atoms with Crippen molar-refractivity contribution in [2.24, 2.45) is 17.5 Å². The SMILES string of the molecule is NN.NNC(=O)Nc1ccc(I)cn1.O=C(Nc1ccc(I)cn1)Oc1ccccc1. The summed E-state index contributed by atoms with van der Waals surface area (Å²) in [4.78, 5) is 30.1. The summed E-state index contributed by atoms with van der Waals surface area (Å²) in [6.45, 7) is 0. The van der Waals surface area contributed by atoms with Crippen molar-refractivity contribution in [1.29, 1.82) is 0 Å². The fourth-order valence-corrected chi connectivity index (χ4v) is 2.42. The molecule has 11 nitrogen and oxygen atoms in total. The second-order valence-electron chi connectivity index (χ2n) is 5.15. The lowest BCUT2D eigenvalue weighted by molar-refractivity contribution is 0.215. The molecule has 3 amide bonds. The molecule has 0 radical (unpaired) electrons. The zero-order valence-electron chi connectivity index (χ0n) is 16.0. The van der Waals surface area contributed by atoms with Crippen LogP contribution in [0.5, 0.6) is 5.75 Å². The van der Waals surface area contributed by atoms with Crippen LogP contribution in [0.4, 0.5) is 21.2 Å². The van der Waals surface area contributed by atoms with Crippen molar-refractivity contribution in [1.82, 2.24) is 15.4 Å². The Labute approximate surface area is 205 Å². The number of pyridine rings is 2. The molecule has 0 saturated heterocycles. The first-order valence-electron chi connectivity index (χ1n) is 8.34. The number of para-hydroxylation sites is 1. The van der Waals surface area contributed by atoms with Crippen LogP contribution in [0.1, 0.15) is 0 Å². The second-order valence-corrected chi connectivity index (χ2v) is 7.64. The Morgan fingerprint density at radius 2 is 1.32 bits per heavy atom. The lowest BCUT2D eigenvalue weighted by atomic mass is 10.3. The van der Waals surface area contributed by atoms with Gasteiger partial charge in [-0.3, -0.25) is 27.7 Å². The van der Waals surface area contributed by atoms with Crippen LogP contribution in [0.2, 0.25) is 0 Å². The molecule has 1 aromatic carbocycles. The van der Waals surface area contributed by atoms with E-state index in [0.717, 1.165) is 7.14 Å². The molecule has 0 unspecified atom stereocenters. The molecule has 2 heterocycles. The molecule has 13 heteroatoms. The lowest BCUT2D eigenvalue weighted by Gasteiger charge is -2.05. The van der Waals surface area contributed by atoms with Crippen LogP contribution in [-0.2, 0) is 0 Å². The van der Waals surface area contributed by atoms with Gasteiger partial charge in [-0.05, 0) is 81.6 Å². The third-order valence-electron chi connectivity index (χ3n) is 3.01. The average molecular weight is 650 g/mol. The summed E-state index contributed by atoms with van der Waals surface area (Å²) in [5.41, 5.74) is 1.94. The summed E-state index contributed by atoms with van der Waals surface area (Å²) in [7, 11) is 0. The van der Waals surface area contributed by atoms with Crippen molar-refractivity contribution >= 4 is 68.9 Å². The Morgan fingerprint density at radius 3 is 1.77 bits per heavy atom. The summed E-state index contributed by atoms with van der Waals surface area (Å²) in [5, 5.41) is 4.97. The molecule has 3 aromatic rings. The second kappa shape index (κ2) is 15.2. The number of nitrogens with one attached hydrogen (secondary N) is 3. The number of nitrogens with two attached hydrogens (primary N) is 3. The number of hydrazine groups is 2. The van der Waals surface area contributed by atoms with E-state index in [1.807, 2.05) is 23.6 Å². The fourth-order valence-electron chi connectivity index (χ4n) is 1.78. The van der Waals surface area contributed by atoms with Gasteiger partial charge in [0.1, 0.15) is 17.4 Å². The number of rotatable bonds is 3. The van der Waals surface area contributed by atoms with Gasteiger partial charge in [-0.1, -0.05) is 18.2 Å². The monoisotopic (exact) mass is 650 g/mol. The van der Waals surface area contributed by atoms with E-state index in [4.69, 9.17) is 10.6 Å². The predicted octanol–water partition coefficient (Wildman–Crippen LogP) is 2.80. The van der Waals surface area contributed by atoms with Gasteiger partial charge in [0.15, 0.2) is 0 Å². The van der Waals surface area contributed by atoms with Crippen LogP contribution in [0.25, 0.3) is 0 Å². The molecule has 0 atom stereocenters. The highest BCUT2D eigenvalue weighted by Gasteiger charge is 2.05. The van der Waals surface area contributed by atoms with Crippen molar-refractivity contribution in [3.05, 3.63) is 74.1 Å². The Morgan fingerprint density at radius 1 is 0.806 bits per heavy atom. The molecular weight excluding hydrogens is 630 g/mol. The molecule has 9 N–H and O–H groups in total. The van der Waals surface area contributed by atoms with E-state index in [0.29, 0.717) is 17.4 Å². The number of ether oxygens (including phenoxy) is 1. The van der Waals surface area contributed by atoms with E-state index >= 15 is 0 Å². The van der Waals surface area contributed by atoms with E-state index in [9.17, 15) is 9.59 Å². The van der Waals surface area contributed by atoms with E-state index in [1.54, 1.807) is 48.8 Å². The first-order valence-corrected chi connectivity index (χ1v) is 10.5. The first kappa shape index (κ1) is 26.4. The maximum absolute atomic E-state index is 11.5. The number of carbonyl (C=O) groups excluding carboxylic acids is 2. The van der Waals surface area contributed by atoms with Crippen molar-refractivity contribution in [2.75, 3.05) is 10.6 Å². The zero-order chi connectivity index (χ0) is 23.1. The Bertz CT molecular complexity index is 929. The van der Waals surface area contributed by atoms with Gasteiger partial charge in [0.2, 0.25) is 0 Å². The number of amides is 3. The Hall–Kier alpha value is -2.60. The normalized spacial score (nSPS) is 9.06.